The maximum absolute atomic E-state index is 11.7. The molecule has 0 saturated heterocycles. The maximum atomic E-state index is 11.7. The fourth-order valence-electron chi connectivity index (χ4n) is 4.99. The van der Waals surface area contributed by atoms with Crippen LogP contribution >= 0.6 is 0 Å². The lowest BCUT2D eigenvalue weighted by Gasteiger charge is -2.24. The summed E-state index contributed by atoms with van der Waals surface area (Å²) in [4.78, 5) is 34.0. The van der Waals surface area contributed by atoms with E-state index in [4.69, 9.17) is 18.9 Å². The quantitative estimate of drug-likeness (QED) is 0.111. The fraction of sp³-hybridized carbons (Fsp3) is 0.936. The number of carbonyl (C=O) groups excluding carboxylic acids is 3. The van der Waals surface area contributed by atoms with E-state index in [0.717, 1.165) is 32.1 Å². The van der Waals surface area contributed by atoms with E-state index in [1.165, 1.54) is 32.1 Å². The zero-order chi connectivity index (χ0) is 43.6. The van der Waals surface area contributed by atoms with Crippen LogP contribution in [0, 0.1) is 38.9 Å². The van der Waals surface area contributed by atoms with Crippen molar-refractivity contribution in [2.75, 3.05) is 19.8 Å². The lowest BCUT2D eigenvalue weighted by atomic mass is 9.90. The standard InChI is InChI=1S/C13H24O2.C11H22O2.C10H20O3.C7H16.C6H14/c1-10(9-13(2,3)4)15-12(14)11-7-5-6-8-11;1-8(2)10(12)13-9(3)7-11(4,5)6;1-5-6-12-7-9(11)13-8-10(2,3)4;1-5-6-7(2,3)4;1-5-6(2,3)4/h10-11H,5-9H2,1-4H3;8-9H,7H2,1-6H3;5-8H2,1-4H3;5-6H2,1-4H3;5H2,1-4H3. The number of rotatable bonds is 12. The first-order chi connectivity index (χ1) is 24.2. The predicted octanol–water partition coefficient (Wildman–Crippen LogP) is 13.8. The van der Waals surface area contributed by atoms with E-state index in [9.17, 15) is 14.4 Å². The molecule has 2 atom stereocenters. The normalized spacial score (nSPS) is 14.7. The van der Waals surface area contributed by atoms with E-state index in [-0.39, 0.29) is 64.8 Å². The Labute approximate surface area is 337 Å². The summed E-state index contributed by atoms with van der Waals surface area (Å²) in [5.41, 5.74) is 1.57. The van der Waals surface area contributed by atoms with Gasteiger partial charge in [-0.3, -0.25) is 9.59 Å². The molecule has 1 aliphatic rings. The van der Waals surface area contributed by atoms with Gasteiger partial charge in [-0.1, -0.05) is 164 Å². The molecule has 0 spiro atoms. The van der Waals surface area contributed by atoms with Crippen molar-refractivity contribution < 1.29 is 33.3 Å². The maximum Gasteiger partial charge on any atom is 0.332 e. The van der Waals surface area contributed by atoms with Crippen LogP contribution < -0.4 is 0 Å². The number of hydrogen-bond acceptors (Lipinski definition) is 7. The highest BCUT2D eigenvalue weighted by molar-refractivity contribution is 5.73. The minimum atomic E-state index is -0.275. The average molecular weight is 773 g/mol. The molecular weight excluding hydrogens is 677 g/mol. The molecule has 7 heteroatoms. The Morgan fingerprint density at radius 3 is 1.31 bits per heavy atom. The Kier molecular flexibility index (Phi) is 32.4. The zero-order valence-electron chi connectivity index (χ0n) is 40.4. The number of hydrogen-bond donors (Lipinski definition) is 0. The van der Waals surface area contributed by atoms with Gasteiger partial charge in [0.25, 0.3) is 0 Å². The first-order valence-electron chi connectivity index (χ1n) is 21.3. The van der Waals surface area contributed by atoms with Crippen LogP contribution in [0.4, 0.5) is 0 Å². The van der Waals surface area contributed by atoms with E-state index >= 15 is 0 Å². The molecule has 1 saturated carbocycles. The van der Waals surface area contributed by atoms with Gasteiger partial charge in [0.15, 0.2) is 0 Å². The first kappa shape index (κ1) is 59.1. The van der Waals surface area contributed by atoms with Crippen molar-refractivity contribution in [1.82, 2.24) is 0 Å². The van der Waals surface area contributed by atoms with Gasteiger partial charge in [0.2, 0.25) is 0 Å². The van der Waals surface area contributed by atoms with Crippen molar-refractivity contribution in [3.8, 4) is 0 Å². The van der Waals surface area contributed by atoms with Crippen molar-refractivity contribution in [3.05, 3.63) is 0 Å². The molecule has 0 N–H and O–H groups in total. The molecule has 1 fully saturated rings. The summed E-state index contributed by atoms with van der Waals surface area (Å²) in [5, 5.41) is 0. The second-order valence-electron chi connectivity index (χ2n) is 21.7. The topological polar surface area (TPSA) is 88.1 Å². The van der Waals surface area contributed by atoms with Crippen LogP contribution in [0.1, 0.15) is 217 Å². The lowest BCUT2D eigenvalue weighted by molar-refractivity contribution is -0.154. The Bertz CT molecular complexity index is 928. The Morgan fingerprint density at radius 2 is 1.02 bits per heavy atom. The van der Waals surface area contributed by atoms with Gasteiger partial charge in [-0.25, -0.2) is 4.79 Å². The Morgan fingerprint density at radius 1 is 0.593 bits per heavy atom. The third-order valence-corrected chi connectivity index (χ3v) is 7.89. The summed E-state index contributed by atoms with van der Waals surface area (Å²) >= 11 is 0. The summed E-state index contributed by atoms with van der Waals surface area (Å²) in [6.07, 6.45) is 11.2. The molecular formula is C47H96O7. The molecule has 7 nitrogen and oxygen atoms in total. The highest BCUT2D eigenvalue weighted by Gasteiger charge is 2.27. The van der Waals surface area contributed by atoms with Gasteiger partial charge in [-0.15, -0.1) is 0 Å². The summed E-state index contributed by atoms with van der Waals surface area (Å²) in [6.45, 7) is 47.8. The summed E-state index contributed by atoms with van der Waals surface area (Å²) < 4.78 is 20.7. The molecule has 2 unspecified atom stereocenters. The highest BCUT2D eigenvalue weighted by atomic mass is 16.6. The van der Waals surface area contributed by atoms with Crippen molar-refractivity contribution in [3.63, 3.8) is 0 Å². The molecule has 0 bridgehead atoms. The number of ether oxygens (including phenoxy) is 4. The minimum Gasteiger partial charge on any atom is -0.463 e. The van der Waals surface area contributed by atoms with Crippen LogP contribution in [0.3, 0.4) is 0 Å². The average Bonchev–Trinajstić information content (AvgIpc) is 3.50. The van der Waals surface area contributed by atoms with Gasteiger partial charge < -0.3 is 18.9 Å². The molecule has 0 heterocycles. The second kappa shape index (κ2) is 29.6. The molecule has 0 aliphatic heterocycles. The largest absolute Gasteiger partial charge is 0.463 e. The molecule has 0 amide bonds. The summed E-state index contributed by atoms with van der Waals surface area (Å²) in [7, 11) is 0. The van der Waals surface area contributed by atoms with Gasteiger partial charge >= 0.3 is 17.9 Å². The predicted molar refractivity (Wildman–Crippen MR) is 232 cm³/mol. The van der Waals surface area contributed by atoms with Crippen LogP contribution in [0.2, 0.25) is 0 Å². The molecule has 54 heavy (non-hydrogen) atoms. The molecule has 0 radical (unpaired) electrons. The zero-order valence-corrected chi connectivity index (χ0v) is 40.4. The monoisotopic (exact) mass is 773 g/mol. The van der Waals surface area contributed by atoms with Crippen LogP contribution in [0.25, 0.3) is 0 Å². The van der Waals surface area contributed by atoms with Gasteiger partial charge in [0.1, 0.15) is 6.61 Å². The van der Waals surface area contributed by atoms with Crippen LogP contribution in [0.5, 0.6) is 0 Å². The van der Waals surface area contributed by atoms with Gasteiger partial charge in [-0.2, -0.15) is 0 Å². The second-order valence-corrected chi connectivity index (χ2v) is 21.7. The minimum absolute atomic E-state index is 0.0231. The highest BCUT2D eigenvalue weighted by Crippen LogP contribution is 2.28. The van der Waals surface area contributed by atoms with E-state index in [0.29, 0.717) is 24.0 Å². The fourth-order valence-corrected chi connectivity index (χ4v) is 4.99. The van der Waals surface area contributed by atoms with Gasteiger partial charge in [0, 0.05) is 6.61 Å². The molecule has 0 aromatic heterocycles. The Hall–Kier alpha value is -1.63. The van der Waals surface area contributed by atoms with Crippen molar-refractivity contribution >= 4 is 17.9 Å². The van der Waals surface area contributed by atoms with E-state index < -0.39 is 0 Å². The third kappa shape index (κ3) is 50.4. The van der Waals surface area contributed by atoms with Crippen molar-refractivity contribution in [2.45, 2.75) is 229 Å². The molecule has 1 aliphatic carbocycles. The van der Waals surface area contributed by atoms with E-state index in [1.807, 2.05) is 55.4 Å². The van der Waals surface area contributed by atoms with E-state index in [1.54, 1.807) is 0 Å². The molecule has 0 aromatic carbocycles. The molecule has 0 aromatic rings. The smallest absolute Gasteiger partial charge is 0.332 e. The van der Waals surface area contributed by atoms with E-state index in [2.05, 4.69) is 96.9 Å². The molecule has 1 rings (SSSR count). The first-order valence-corrected chi connectivity index (χ1v) is 21.3. The van der Waals surface area contributed by atoms with Gasteiger partial charge in [0.05, 0.1) is 30.7 Å². The number of carbonyl (C=O) groups is 3. The van der Waals surface area contributed by atoms with Crippen LogP contribution in [-0.2, 0) is 33.3 Å². The summed E-state index contributed by atoms with van der Waals surface area (Å²) in [5.74, 6) is -0.181. The molecule has 326 valence electrons. The van der Waals surface area contributed by atoms with Gasteiger partial charge in [-0.05, 0) is 79.4 Å². The number of esters is 3. The van der Waals surface area contributed by atoms with Crippen LogP contribution in [-0.4, -0.2) is 49.9 Å². The summed E-state index contributed by atoms with van der Waals surface area (Å²) in [6, 6.07) is 0. The lowest BCUT2D eigenvalue weighted by Crippen LogP contribution is -2.24. The third-order valence-electron chi connectivity index (χ3n) is 7.89. The Balaban J connectivity index is -0.000000300. The van der Waals surface area contributed by atoms with Crippen LogP contribution in [0.15, 0.2) is 0 Å². The van der Waals surface area contributed by atoms with Crippen molar-refractivity contribution in [2.24, 2.45) is 38.9 Å². The van der Waals surface area contributed by atoms with Crippen molar-refractivity contribution in [1.29, 1.82) is 0 Å². The SMILES string of the molecule is CC(CC(C)(C)C)OC(=O)C(C)C.CC(CC(C)(C)C)OC(=O)C1CCCC1.CCC(C)(C)C.CCCC(C)(C)C.CCCOCC(=O)OCC(C)(C)C.